The SMILES string of the molecule is Cc1ccc(N2C(=O)[C@H](N)[C@@H]2c2ccc(C(F)(F)F)cc2)cc1. The highest BCUT2D eigenvalue weighted by molar-refractivity contribution is 6.05. The number of aryl methyl sites for hydroxylation is 1. The van der Waals surface area contributed by atoms with Crippen molar-refractivity contribution in [3.8, 4) is 0 Å². The second-order valence-electron chi connectivity index (χ2n) is 5.63. The van der Waals surface area contributed by atoms with E-state index in [9.17, 15) is 18.0 Å². The molecule has 1 saturated heterocycles. The predicted molar refractivity (Wildman–Crippen MR) is 80.8 cm³/mol. The lowest BCUT2D eigenvalue weighted by molar-refractivity contribution is -0.137. The van der Waals surface area contributed by atoms with Crippen LogP contribution in [0.4, 0.5) is 18.9 Å². The van der Waals surface area contributed by atoms with E-state index < -0.39 is 23.8 Å². The van der Waals surface area contributed by atoms with Gasteiger partial charge in [-0.25, -0.2) is 0 Å². The molecular formula is C17H15F3N2O. The van der Waals surface area contributed by atoms with Crippen LogP contribution in [0.25, 0.3) is 0 Å². The summed E-state index contributed by atoms with van der Waals surface area (Å²) in [5.41, 5.74) is 7.47. The summed E-state index contributed by atoms with van der Waals surface area (Å²) in [5, 5.41) is 0. The zero-order valence-electron chi connectivity index (χ0n) is 12.3. The number of carbonyl (C=O) groups is 1. The Kier molecular flexibility index (Phi) is 3.64. The van der Waals surface area contributed by atoms with Crippen molar-refractivity contribution in [1.29, 1.82) is 0 Å². The summed E-state index contributed by atoms with van der Waals surface area (Å²) in [6, 6.07) is 10.9. The number of carbonyl (C=O) groups excluding carboxylic acids is 1. The van der Waals surface area contributed by atoms with Crippen molar-refractivity contribution in [3.05, 3.63) is 65.2 Å². The Morgan fingerprint density at radius 3 is 2.09 bits per heavy atom. The fourth-order valence-electron chi connectivity index (χ4n) is 2.73. The molecule has 1 heterocycles. The van der Waals surface area contributed by atoms with Crippen LogP contribution in [-0.2, 0) is 11.0 Å². The van der Waals surface area contributed by atoms with E-state index in [1.54, 1.807) is 12.1 Å². The number of alkyl halides is 3. The van der Waals surface area contributed by atoms with E-state index in [1.165, 1.54) is 17.0 Å². The molecule has 1 aliphatic rings. The molecule has 0 radical (unpaired) electrons. The molecule has 0 unspecified atom stereocenters. The van der Waals surface area contributed by atoms with Crippen molar-refractivity contribution < 1.29 is 18.0 Å². The molecule has 23 heavy (non-hydrogen) atoms. The molecule has 6 heteroatoms. The Labute approximate surface area is 131 Å². The molecule has 0 saturated carbocycles. The topological polar surface area (TPSA) is 46.3 Å². The number of benzene rings is 2. The van der Waals surface area contributed by atoms with E-state index in [-0.39, 0.29) is 5.91 Å². The summed E-state index contributed by atoms with van der Waals surface area (Å²) < 4.78 is 37.9. The molecule has 2 aromatic carbocycles. The van der Waals surface area contributed by atoms with Crippen LogP contribution in [0.15, 0.2) is 48.5 Å². The summed E-state index contributed by atoms with van der Waals surface area (Å²) in [6.07, 6.45) is -4.38. The normalized spacial score (nSPS) is 21.3. The average molecular weight is 320 g/mol. The number of anilines is 1. The van der Waals surface area contributed by atoms with Crippen LogP contribution in [0.1, 0.15) is 22.7 Å². The molecule has 3 rings (SSSR count). The molecule has 1 fully saturated rings. The number of hydrogen-bond acceptors (Lipinski definition) is 2. The summed E-state index contributed by atoms with van der Waals surface area (Å²) >= 11 is 0. The lowest BCUT2D eigenvalue weighted by atomic mass is 9.88. The first kappa shape index (κ1) is 15.6. The number of hydrogen-bond donors (Lipinski definition) is 1. The number of halogens is 3. The summed E-state index contributed by atoms with van der Waals surface area (Å²) in [7, 11) is 0. The van der Waals surface area contributed by atoms with Crippen molar-refractivity contribution >= 4 is 11.6 Å². The first-order chi connectivity index (χ1) is 10.8. The largest absolute Gasteiger partial charge is 0.416 e. The fourth-order valence-corrected chi connectivity index (χ4v) is 2.73. The van der Waals surface area contributed by atoms with Gasteiger partial charge in [0.2, 0.25) is 5.91 Å². The van der Waals surface area contributed by atoms with Crippen molar-refractivity contribution in [2.24, 2.45) is 5.73 Å². The molecule has 0 aromatic heterocycles. The van der Waals surface area contributed by atoms with Crippen molar-refractivity contribution in [2.75, 3.05) is 4.90 Å². The Morgan fingerprint density at radius 2 is 1.57 bits per heavy atom. The minimum Gasteiger partial charge on any atom is -0.318 e. The van der Waals surface area contributed by atoms with E-state index in [1.807, 2.05) is 19.1 Å². The van der Waals surface area contributed by atoms with E-state index in [4.69, 9.17) is 5.73 Å². The molecule has 1 amide bonds. The van der Waals surface area contributed by atoms with Crippen LogP contribution in [0.5, 0.6) is 0 Å². The Hall–Kier alpha value is -2.34. The van der Waals surface area contributed by atoms with Gasteiger partial charge in [-0.1, -0.05) is 29.8 Å². The van der Waals surface area contributed by atoms with Crippen molar-refractivity contribution in [1.82, 2.24) is 0 Å². The Bertz CT molecular complexity index is 723. The third kappa shape index (κ3) is 2.70. The zero-order chi connectivity index (χ0) is 16.8. The highest BCUT2D eigenvalue weighted by atomic mass is 19.4. The standard InChI is InChI=1S/C17H15F3N2O/c1-10-2-8-13(9-3-10)22-15(14(21)16(22)23)11-4-6-12(7-5-11)17(18,19)20/h2-9,14-15H,21H2,1H3/t14-,15+/m1/s1. The van der Waals surface area contributed by atoms with Gasteiger partial charge in [-0.2, -0.15) is 13.2 Å². The lowest BCUT2D eigenvalue weighted by Gasteiger charge is -2.45. The van der Waals surface area contributed by atoms with Crippen LogP contribution >= 0.6 is 0 Å². The molecule has 3 nitrogen and oxygen atoms in total. The third-order valence-electron chi connectivity index (χ3n) is 4.03. The van der Waals surface area contributed by atoms with Gasteiger partial charge in [-0.05, 0) is 36.8 Å². The molecule has 0 aliphatic carbocycles. The minimum atomic E-state index is -4.38. The van der Waals surface area contributed by atoms with E-state index in [2.05, 4.69) is 0 Å². The quantitative estimate of drug-likeness (QED) is 0.862. The number of nitrogens with zero attached hydrogens (tertiary/aromatic N) is 1. The maximum Gasteiger partial charge on any atom is 0.416 e. The summed E-state index contributed by atoms with van der Waals surface area (Å²) in [4.78, 5) is 13.6. The van der Waals surface area contributed by atoms with Gasteiger partial charge in [-0.3, -0.25) is 4.79 Å². The van der Waals surface area contributed by atoms with Gasteiger partial charge < -0.3 is 10.6 Å². The van der Waals surface area contributed by atoms with Gasteiger partial charge in [0.15, 0.2) is 0 Å². The Morgan fingerprint density at radius 1 is 1.00 bits per heavy atom. The van der Waals surface area contributed by atoms with Gasteiger partial charge in [0, 0.05) is 5.69 Å². The van der Waals surface area contributed by atoms with Gasteiger partial charge in [0.1, 0.15) is 6.04 Å². The number of rotatable bonds is 2. The predicted octanol–water partition coefficient (Wildman–Crippen LogP) is 3.43. The van der Waals surface area contributed by atoms with Gasteiger partial charge in [0.25, 0.3) is 0 Å². The first-order valence-corrected chi connectivity index (χ1v) is 7.11. The highest BCUT2D eigenvalue weighted by Crippen LogP contribution is 2.39. The number of nitrogens with two attached hydrogens (primary N) is 1. The molecule has 2 atom stereocenters. The van der Waals surface area contributed by atoms with Crippen LogP contribution in [0, 0.1) is 6.92 Å². The van der Waals surface area contributed by atoms with Gasteiger partial charge >= 0.3 is 6.18 Å². The van der Waals surface area contributed by atoms with E-state index in [0.29, 0.717) is 11.3 Å². The number of amides is 1. The van der Waals surface area contributed by atoms with Crippen molar-refractivity contribution in [3.63, 3.8) is 0 Å². The second kappa shape index (κ2) is 5.38. The molecular weight excluding hydrogens is 305 g/mol. The fraction of sp³-hybridized carbons (Fsp3) is 0.235. The zero-order valence-corrected chi connectivity index (χ0v) is 12.3. The number of β-lactam (4-membered cyclic amide) rings is 1. The van der Waals surface area contributed by atoms with Crippen LogP contribution in [0.3, 0.4) is 0 Å². The van der Waals surface area contributed by atoms with E-state index >= 15 is 0 Å². The monoisotopic (exact) mass is 320 g/mol. The smallest absolute Gasteiger partial charge is 0.318 e. The van der Waals surface area contributed by atoms with Gasteiger partial charge in [-0.15, -0.1) is 0 Å². The molecule has 1 aliphatic heterocycles. The minimum absolute atomic E-state index is 0.237. The van der Waals surface area contributed by atoms with Crippen molar-refractivity contribution in [2.45, 2.75) is 25.2 Å². The van der Waals surface area contributed by atoms with Gasteiger partial charge in [0.05, 0.1) is 11.6 Å². The molecule has 120 valence electrons. The van der Waals surface area contributed by atoms with E-state index in [0.717, 1.165) is 17.7 Å². The molecule has 0 spiro atoms. The van der Waals surface area contributed by atoms with Crippen LogP contribution < -0.4 is 10.6 Å². The second-order valence-corrected chi connectivity index (χ2v) is 5.63. The summed E-state index contributed by atoms with van der Waals surface area (Å²) in [6.45, 7) is 1.93. The summed E-state index contributed by atoms with van der Waals surface area (Å²) in [5.74, 6) is -0.237. The molecule has 2 N–H and O–H groups in total. The highest BCUT2D eigenvalue weighted by Gasteiger charge is 2.46. The maximum absolute atomic E-state index is 12.6. The maximum atomic E-state index is 12.6. The van der Waals surface area contributed by atoms with Crippen LogP contribution in [0.2, 0.25) is 0 Å². The molecule has 2 aromatic rings. The third-order valence-corrected chi connectivity index (χ3v) is 4.03. The molecule has 0 bridgehead atoms. The average Bonchev–Trinajstić information content (AvgIpc) is 2.52. The lowest BCUT2D eigenvalue weighted by Crippen LogP contribution is -2.63. The Balaban J connectivity index is 1.91. The van der Waals surface area contributed by atoms with Crippen LogP contribution in [-0.4, -0.2) is 11.9 Å². The first-order valence-electron chi connectivity index (χ1n) is 7.11.